The van der Waals surface area contributed by atoms with Crippen molar-refractivity contribution in [1.29, 1.82) is 0 Å². The molecule has 0 radical (unpaired) electrons. The van der Waals surface area contributed by atoms with Crippen molar-refractivity contribution >= 4 is 52.7 Å². The van der Waals surface area contributed by atoms with Gasteiger partial charge in [0.2, 0.25) is 5.91 Å². The van der Waals surface area contributed by atoms with E-state index in [0.717, 1.165) is 10.6 Å². The molecule has 1 N–H and O–H groups in total. The first-order valence-electron chi connectivity index (χ1n) is 7.26. The van der Waals surface area contributed by atoms with E-state index in [-0.39, 0.29) is 16.9 Å². The van der Waals surface area contributed by atoms with Crippen LogP contribution < -0.4 is 5.43 Å². The van der Waals surface area contributed by atoms with Crippen molar-refractivity contribution in [1.82, 2.24) is 10.4 Å². The van der Waals surface area contributed by atoms with Crippen LogP contribution in [0.1, 0.15) is 26.3 Å². The number of hydrazine groups is 1. The van der Waals surface area contributed by atoms with Crippen LogP contribution >= 0.6 is 35.0 Å². The van der Waals surface area contributed by atoms with E-state index in [2.05, 4.69) is 5.43 Å². The van der Waals surface area contributed by atoms with Crippen molar-refractivity contribution in [3.63, 3.8) is 0 Å². The molecule has 2 aromatic rings. The third kappa shape index (κ3) is 3.81. The Balaban J connectivity index is 1.55. The average Bonchev–Trinajstić information content (AvgIpc) is 2.82. The van der Waals surface area contributed by atoms with Crippen molar-refractivity contribution in [3.8, 4) is 0 Å². The van der Waals surface area contributed by atoms with Gasteiger partial charge in [-0.15, -0.1) is 11.8 Å². The van der Waals surface area contributed by atoms with E-state index in [1.54, 1.807) is 42.5 Å². The molecule has 0 spiro atoms. The van der Waals surface area contributed by atoms with Crippen LogP contribution in [-0.2, 0) is 10.5 Å². The van der Waals surface area contributed by atoms with E-state index >= 15 is 0 Å². The van der Waals surface area contributed by atoms with Crippen LogP contribution in [0.2, 0.25) is 10.0 Å². The van der Waals surface area contributed by atoms with Crippen molar-refractivity contribution < 1.29 is 14.4 Å². The van der Waals surface area contributed by atoms with E-state index in [9.17, 15) is 14.4 Å². The van der Waals surface area contributed by atoms with Gasteiger partial charge in [-0.3, -0.25) is 19.8 Å². The molecule has 5 nitrogen and oxygen atoms in total. The Kier molecular flexibility index (Phi) is 5.32. The molecule has 1 aliphatic heterocycles. The van der Waals surface area contributed by atoms with E-state index in [0.29, 0.717) is 15.8 Å². The Morgan fingerprint density at radius 2 is 1.68 bits per heavy atom. The number of fused-ring (bicyclic) bond motifs is 1. The Bertz CT molecular complexity index is 838. The van der Waals surface area contributed by atoms with E-state index in [4.69, 9.17) is 23.2 Å². The summed E-state index contributed by atoms with van der Waals surface area (Å²) in [6.07, 6.45) is 0. The van der Waals surface area contributed by atoms with Gasteiger partial charge in [0.1, 0.15) is 0 Å². The Morgan fingerprint density at radius 1 is 1.04 bits per heavy atom. The van der Waals surface area contributed by atoms with Gasteiger partial charge in [-0.05, 0) is 29.8 Å². The first-order valence-corrected chi connectivity index (χ1v) is 9.17. The zero-order valence-electron chi connectivity index (χ0n) is 12.8. The number of carbonyl (C=O) groups excluding carboxylic acids is 3. The van der Waals surface area contributed by atoms with Crippen LogP contribution in [0.4, 0.5) is 0 Å². The molecule has 8 heteroatoms. The Labute approximate surface area is 158 Å². The molecule has 0 aliphatic carbocycles. The normalized spacial score (nSPS) is 13.1. The lowest BCUT2D eigenvalue weighted by Crippen LogP contribution is -2.46. The van der Waals surface area contributed by atoms with Crippen molar-refractivity contribution in [2.75, 3.05) is 5.75 Å². The van der Waals surface area contributed by atoms with Crippen LogP contribution in [0.25, 0.3) is 0 Å². The second-order valence-electron chi connectivity index (χ2n) is 5.25. The highest BCUT2D eigenvalue weighted by atomic mass is 35.5. The number of hydrogen-bond acceptors (Lipinski definition) is 4. The summed E-state index contributed by atoms with van der Waals surface area (Å²) in [4.78, 5) is 36.4. The minimum atomic E-state index is -0.528. The standard InChI is InChI=1S/C17H12Cl2N2O3S/c18-11-6-5-10(14(19)7-11)8-25-9-15(22)20-21-16(23)12-3-1-2-4-13(12)17(21)24/h1-7H,8-9H2,(H,20,22). The largest absolute Gasteiger partial charge is 0.280 e. The molecule has 0 fully saturated rings. The maximum absolute atomic E-state index is 12.2. The summed E-state index contributed by atoms with van der Waals surface area (Å²) in [5.74, 6) is -0.915. The predicted molar refractivity (Wildman–Crippen MR) is 97.7 cm³/mol. The topological polar surface area (TPSA) is 66.5 Å². The van der Waals surface area contributed by atoms with Gasteiger partial charge in [0.15, 0.2) is 0 Å². The molecule has 1 heterocycles. The fourth-order valence-corrected chi connectivity index (χ4v) is 3.72. The molecule has 0 saturated carbocycles. The number of amides is 3. The highest BCUT2D eigenvalue weighted by molar-refractivity contribution is 7.99. The minimum absolute atomic E-state index is 0.0758. The summed E-state index contributed by atoms with van der Waals surface area (Å²) in [6, 6.07) is 11.6. The van der Waals surface area contributed by atoms with Gasteiger partial charge in [0.05, 0.1) is 16.9 Å². The molecule has 2 aromatic carbocycles. The first-order chi connectivity index (χ1) is 12.0. The number of halogens is 2. The van der Waals surface area contributed by atoms with Gasteiger partial charge in [-0.2, -0.15) is 5.01 Å². The molecule has 0 bridgehead atoms. The summed E-state index contributed by atoms with van der Waals surface area (Å²) in [7, 11) is 0. The van der Waals surface area contributed by atoms with Crippen LogP contribution in [0, 0.1) is 0 Å². The smallest absolute Gasteiger partial charge is 0.272 e. The third-order valence-corrected chi connectivity index (χ3v) is 5.10. The number of benzene rings is 2. The highest BCUT2D eigenvalue weighted by Crippen LogP contribution is 2.25. The van der Waals surface area contributed by atoms with E-state index < -0.39 is 17.7 Å². The number of nitrogens with zero attached hydrogens (tertiary/aromatic N) is 1. The number of imide groups is 1. The number of hydrogen-bond donors (Lipinski definition) is 1. The SMILES string of the molecule is O=C(CSCc1ccc(Cl)cc1Cl)NN1C(=O)c2ccccc2C1=O. The van der Waals surface area contributed by atoms with Gasteiger partial charge in [-0.1, -0.05) is 41.4 Å². The lowest BCUT2D eigenvalue weighted by Gasteiger charge is -2.14. The quantitative estimate of drug-likeness (QED) is 0.787. The Hall–Kier alpha value is -2.02. The summed E-state index contributed by atoms with van der Waals surface area (Å²) in [5, 5.41) is 1.82. The molecule has 25 heavy (non-hydrogen) atoms. The monoisotopic (exact) mass is 394 g/mol. The summed E-state index contributed by atoms with van der Waals surface area (Å²) in [5.41, 5.74) is 3.78. The van der Waals surface area contributed by atoms with E-state index in [1.165, 1.54) is 11.8 Å². The second-order valence-corrected chi connectivity index (χ2v) is 7.08. The van der Waals surface area contributed by atoms with Gasteiger partial charge in [0, 0.05) is 15.8 Å². The fourth-order valence-electron chi connectivity index (χ4n) is 2.34. The van der Waals surface area contributed by atoms with E-state index in [1.807, 2.05) is 0 Å². The molecule has 0 atom stereocenters. The van der Waals surface area contributed by atoms with Gasteiger partial charge in [0.25, 0.3) is 11.8 Å². The molecule has 0 saturated heterocycles. The maximum Gasteiger partial charge on any atom is 0.280 e. The van der Waals surface area contributed by atoms with Gasteiger partial charge >= 0.3 is 0 Å². The van der Waals surface area contributed by atoms with Crippen molar-refractivity contribution in [2.45, 2.75) is 5.75 Å². The summed E-state index contributed by atoms with van der Waals surface area (Å²) >= 11 is 13.2. The highest BCUT2D eigenvalue weighted by Gasteiger charge is 2.36. The van der Waals surface area contributed by atoms with Crippen LogP contribution in [0.5, 0.6) is 0 Å². The molecule has 3 amide bonds. The molecule has 3 rings (SSSR count). The average molecular weight is 395 g/mol. The molecule has 0 unspecified atom stereocenters. The van der Waals surface area contributed by atoms with Crippen LogP contribution in [0.3, 0.4) is 0 Å². The van der Waals surface area contributed by atoms with Gasteiger partial charge < -0.3 is 0 Å². The number of thioether (sulfide) groups is 1. The molecule has 1 aliphatic rings. The Morgan fingerprint density at radius 3 is 2.28 bits per heavy atom. The van der Waals surface area contributed by atoms with Crippen molar-refractivity contribution in [2.24, 2.45) is 0 Å². The lowest BCUT2D eigenvalue weighted by atomic mass is 10.1. The van der Waals surface area contributed by atoms with Crippen LogP contribution in [0.15, 0.2) is 42.5 Å². The number of carbonyl (C=O) groups is 3. The molecular formula is C17H12Cl2N2O3S. The fraction of sp³-hybridized carbons (Fsp3) is 0.118. The zero-order chi connectivity index (χ0) is 18.0. The predicted octanol–water partition coefficient (Wildman–Crippen LogP) is 3.55. The van der Waals surface area contributed by atoms with Crippen LogP contribution in [-0.4, -0.2) is 28.5 Å². The second kappa shape index (κ2) is 7.47. The third-order valence-electron chi connectivity index (χ3n) is 3.54. The van der Waals surface area contributed by atoms with Crippen molar-refractivity contribution in [3.05, 3.63) is 69.2 Å². The first kappa shape index (κ1) is 17.8. The molecule has 0 aromatic heterocycles. The maximum atomic E-state index is 12.2. The number of rotatable bonds is 5. The van der Waals surface area contributed by atoms with Gasteiger partial charge in [-0.25, -0.2) is 0 Å². The summed E-state index contributed by atoms with van der Waals surface area (Å²) < 4.78 is 0. The lowest BCUT2D eigenvalue weighted by molar-refractivity contribution is -0.121. The summed E-state index contributed by atoms with van der Waals surface area (Å²) in [6.45, 7) is 0. The zero-order valence-corrected chi connectivity index (χ0v) is 15.1. The number of nitrogens with one attached hydrogen (secondary N) is 1. The molecular weight excluding hydrogens is 383 g/mol. The minimum Gasteiger partial charge on any atom is -0.272 e. The molecule has 128 valence electrons.